The summed E-state index contributed by atoms with van der Waals surface area (Å²) >= 11 is 0. The van der Waals surface area contributed by atoms with Crippen molar-refractivity contribution in [3.63, 3.8) is 0 Å². The first-order chi connectivity index (χ1) is 9.31. The number of hydrogen-bond donors (Lipinski definition) is 1. The number of methoxy groups -OCH3 is 1. The van der Waals surface area contributed by atoms with Gasteiger partial charge in [-0.15, -0.1) is 0 Å². The highest BCUT2D eigenvalue weighted by atomic mass is 16.5. The molecule has 102 valence electrons. The molecule has 0 spiro atoms. The number of fused-ring (bicyclic) bond motifs is 1. The molecule has 1 fully saturated rings. The molecule has 2 aliphatic carbocycles. The topological polar surface area (TPSA) is 21.3 Å². The number of benzene rings is 1. The van der Waals surface area contributed by atoms with Crippen LogP contribution in [0.3, 0.4) is 0 Å². The zero-order valence-corrected chi connectivity index (χ0v) is 11.8. The van der Waals surface area contributed by atoms with Crippen molar-refractivity contribution in [1.82, 2.24) is 5.32 Å². The summed E-state index contributed by atoms with van der Waals surface area (Å²) in [5.74, 6) is 2.64. The zero-order chi connectivity index (χ0) is 13.2. The lowest BCUT2D eigenvalue weighted by molar-refractivity contribution is 0.149. The molecule has 3 rings (SSSR count). The SMILES string of the molecule is CCC(NC1CC2CC=CC21)c1ccc(OC)cc1. The second-order valence-corrected chi connectivity index (χ2v) is 5.74. The minimum absolute atomic E-state index is 0.464. The molecule has 2 aliphatic rings. The summed E-state index contributed by atoms with van der Waals surface area (Å²) in [6, 6.07) is 9.61. The Bertz CT molecular complexity index is 451. The predicted octanol–water partition coefficient (Wildman–Crippen LogP) is 3.70. The fraction of sp³-hybridized carbons (Fsp3) is 0.529. The molecule has 4 atom stereocenters. The number of nitrogens with one attached hydrogen (secondary N) is 1. The number of ether oxygens (including phenoxy) is 1. The van der Waals surface area contributed by atoms with Gasteiger partial charge in [0.05, 0.1) is 7.11 Å². The molecule has 0 bridgehead atoms. The molecule has 1 saturated carbocycles. The van der Waals surface area contributed by atoms with Crippen molar-refractivity contribution in [1.29, 1.82) is 0 Å². The molecule has 19 heavy (non-hydrogen) atoms. The van der Waals surface area contributed by atoms with Gasteiger partial charge in [-0.3, -0.25) is 0 Å². The van der Waals surface area contributed by atoms with Crippen molar-refractivity contribution < 1.29 is 4.74 Å². The van der Waals surface area contributed by atoms with Gasteiger partial charge in [0.15, 0.2) is 0 Å². The maximum absolute atomic E-state index is 5.22. The Morgan fingerprint density at radius 2 is 2.11 bits per heavy atom. The van der Waals surface area contributed by atoms with E-state index in [1.807, 2.05) is 0 Å². The first-order valence-corrected chi connectivity index (χ1v) is 7.38. The molecule has 0 heterocycles. The van der Waals surface area contributed by atoms with Gasteiger partial charge in [0.25, 0.3) is 0 Å². The fourth-order valence-corrected chi connectivity index (χ4v) is 3.45. The molecular formula is C17H23NO. The van der Waals surface area contributed by atoms with Gasteiger partial charge in [-0.2, -0.15) is 0 Å². The minimum Gasteiger partial charge on any atom is -0.497 e. The first kappa shape index (κ1) is 12.7. The van der Waals surface area contributed by atoms with E-state index in [2.05, 4.69) is 48.7 Å². The first-order valence-electron chi connectivity index (χ1n) is 7.38. The number of hydrogen-bond acceptors (Lipinski definition) is 2. The number of allylic oxidation sites excluding steroid dienone is 1. The Morgan fingerprint density at radius 1 is 1.32 bits per heavy atom. The van der Waals surface area contributed by atoms with E-state index in [1.165, 1.54) is 18.4 Å². The molecule has 0 aliphatic heterocycles. The smallest absolute Gasteiger partial charge is 0.118 e. The molecule has 1 aromatic carbocycles. The Balaban J connectivity index is 1.65. The molecule has 2 heteroatoms. The summed E-state index contributed by atoms with van der Waals surface area (Å²) in [5, 5.41) is 3.84. The number of rotatable bonds is 5. The van der Waals surface area contributed by atoms with Gasteiger partial charge in [-0.25, -0.2) is 0 Å². The van der Waals surface area contributed by atoms with E-state index in [4.69, 9.17) is 4.74 Å². The van der Waals surface area contributed by atoms with E-state index in [9.17, 15) is 0 Å². The normalized spacial score (nSPS) is 29.7. The van der Waals surface area contributed by atoms with Crippen LogP contribution in [0.25, 0.3) is 0 Å². The summed E-state index contributed by atoms with van der Waals surface area (Å²) in [6.45, 7) is 2.25. The molecular weight excluding hydrogens is 234 g/mol. The van der Waals surface area contributed by atoms with Crippen molar-refractivity contribution in [2.24, 2.45) is 11.8 Å². The van der Waals surface area contributed by atoms with Gasteiger partial charge < -0.3 is 10.1 Å². The average molecular weight is 257 g/mol. The Kier molecular flexibility index (Phi) is 3.61. The maximum Gasteiger partial charge on any atom is 0.118 e. The highest BCUT2D eigenvalue weighted by Crippen LogP contribution is 2.43. The molecule has 1 N–H and O–H groups in total. The fourth-order valence-electron chi connectivity index (χ4n) is 3.45. The summed E-state index contributed by atoms with van der Waals surface area (Å²) in [4.78, 5) is 0. The lowest BCUT2D eigenvalue weighted by Crippen LogP contribution is -2.49. The molecule has 0 saturated heterocycles. The Hall–Kier alpha value is -1.28. The second-order valence-electron chi connectivity index (χ2n) is 5.74. The highest BCUT2D eigenvalue weighted by molar-refractivity contribution is 5.29. The van der Waals surface area contributed by atoms with Crippen molar-refractivity contribution >= 4 is 0 Å². The van der Waals surface area contributed by atoms with E-state index in [0.717, 1.165) is 24.0 Å². The third kappa shape index (κ3) is 2.42. The van der Waals surface area contributed by atoms with Crippen molar-refractivity contribution in [2.45, 2.75) is 38.3 Å². The van der Waals surface area contributed by atoms with Gasteiger partial charge in [-0.05, 0) is 48.8 Å². The maximum atomic E-state index is 5.22. The van der Waals surface area contributed by atoms with E-state index in [1.54, 1.807) is 7.11 Å². The summed E-state index contributed by atoms with van der Waals surface area (Å²) in [6.07, 6.45) is 8.52. The van der Waals surface area contributed by atoms with Gasteiger partial charge in [0.1, 0.15) is 5.75 Å². The molecule has 0 aromatic heterocycles. The third-order valence-electron chi connectivity index (χ3n) is 4.70. The Morgan fingerprint density at radius 3 is 2.74 bits per heavy atom. The van der Waals surface area contributed by atoms with Gasteiger partial charge in [-0.1, -0.05) is 31.2 Å². The van der Waals surface area contributed by atoms with Gasteiger partial charge in [0, 0.05) is 12.1 Å². The van der Waals surface area contributed by atoms with E-state index >= 15 is 0 Å². The van der Waals surface area contributed by atoms with Crippen LogP contribution in [-0.4, -0.2) is 13.2 Å². The van der Waals surface area contributed by atoms with Crippen LogP contribution in [0.2, 0.25) is 0 Å². The third-order valence-corrected chi connectivity index (χ3v) is 4.70. The average Bonchev–Trinajstić information content (AvgIpc) is 2.82. The lowest BCUT2D eigenvalue weighted by Gasteiger charge is -2.42. The van der Waals surface area contributed by atoms with Crippen LogP contribution in [0.15, 0.2) is 36.4 Å². The monoisotopic (exact) mass is 257 g/mol. The summed E-state index contributed by atoms with van der Waals surface area (Å²) in [7, 11) is 1.71. The summed E-state index contributed by atoms with van der Waals surface area (Å²) in [5.41, 5.74) is 1.37. The van der Waals surface area contributed by atoms with Gasteiger partial charge >= 0.3 is 0 Å². The van der Waals surface area contributed by atoms with Gasteiger partial charge in [0.2, 0.25) is 0 Å². The standard InChI is InChI=1S/C17H23NO/c1-3-16(12-7-9-14(19-2)10-8-12)18-17-11-13-5-4-6-15(13)17/h4,6-10,13,15-18H,3,5,11H2,1-2H3. The van der Waals surface area contributed by atoms with Crippen molar-refractivity contribution in [3.05, 3.63) is 42.0 Å². The highest BCUT2D eigenvalue weighted by Gasteiger charge is 2.41. The largest absolute Gasteiger partial charge is 0.497 e. The molecule has 1 aromatic rings. The van der Waals surface area contributed by atoms with Crippen LogP contribution in [0.5, 0.6) is 5.75 Å². The quantitative estimate of drug-likeness (QED) is 0.812. The van der Waals surface area contributed by atoms with Crippen LogP contribution < -0.4 is 10.1 Å². The van der Waals surface area contributed by atoms with Crippen LogP contribution >= 0.6 is 0 Å². The van der Waals surface area contributed by atoms with E-state index in [0.29, 0.717) is 12.1 Å². The van der Waals surface area contributed by atoms with E-state index < -0.39 is 0 Å². The lowest BCUT2D eigenvalue weighted by atomic mass is 9.71. The minimum atomic E-state index is 0.464. The predicted molar refractivity (Wildman–Crippen MR) is 78.3 cm³/mol. The molecule has 2 nitrogen and oxygen atoms in total. The zero-order valence-electron chi connectivity index (χ0n) is 11.8. The van der Waals surface area contributed by atoms with Crippen LogP contribution in [0, 0.1) is 11.8 Å². The van der Waals surface area contributed by atoms with Crippen molar-refractivity contribution in [3.8, 4) is 5.75 Å². The van der Waals surface area contributed by atoms with Crippen molar-refractivity contribution in [2.75, 3.05) is 7.11 Å². The second kappa shape index (κ2) is 5.38. The Labute approximate surface area is 115 Å². The van der Waals surface area contributed by atoms with E-state index in [-0.39, 0.29) is 0 Å². The summed E-state index contributed by atoms with van der Waals surface area (Å²) < 4.78 is 5.22. The molecule has 4 unspecified atom stereocenters. The van der Waals surface area contributed by atoms with Crippen LogP contribution in [0.1, 0.15) is 37.8 Å². The molecule has 0 amide bonds. The van der Waals surface area contributed by atoms with Crippen LogP contribution in [-0.2, 0) is 0 Å². The van der Waals surface area contributed by atoms with Crippen LogP contribution in [0.4, 0.5) is 0 Å². The molecule has 0 radical (unpaired) electrons.